The molecule has 0 atom stereocenters. The third kappa shape index (κ3) is 2.24. The van der Waals surface area contributed by atoms with Crippen LogP contribution in [0, 0.1) is 18.3 Å². The Morgan fingerprint density at radius 3 is 2.85 bits per heavy atom. The molecular formula is C19H15N5O2. The second kappa shape index (κ2) is 6.01. The third-order valence-corrected chi connectivity index (χ3v) is 4.34. The molecule has 0 aliphatic heterocycles. The molecule has 0 fully saturated rings. The minimum atomic E-state index is -0.412. The van der Waals surface area contributed by atoms with Crippen molar-refractivity contribution in [3.63, 3.8) is 0 Å². The molecular weight excluding hydrogens is 330 g/mol. The van der Waals surface area contributed by atoms with Crippen molar-refractivity contribution in [3.8, 4) is 11.8 Å². The van der Waals surface area contributed by atoms with Crippen LogP contribution in [-0.2, 0) is 4.74 Å². The molecule has 3 aromatic heterocycles. The van der Waals surface area contributed by atoms with Gasteiger partial charge in [-0.25, -0.2) is 14.0 Å². The van der Waals surface area contributed by atoms with Crippen molar-refractivity contribution in [2.75, 3.05) is 6.61 Å². The SMILES string of the molecule is CCOC(=O)c1cn2ncc(C#N)c(-n3ncc4ccccc43)c2c1C. The highest BCUT2D eigenvalue weighted by Gasteiger charge is 2.22. The average Bonchev–Trinajstić information content (AvgIpc) is 3.23. The van der Waals surface area contributed by atoms with Gasteiger partial charge in [-0.1, -0.05) is 18.2 Å². The first-order valence-corrected chi connectivity index (χ1v) is 8.17. The lowest BCUT2D eigenvalue weighted by molar-refractivity contribution is 0.0525. The van der Waals surface area contributed by atoms with E-state index >= 15 is 0 Å². The fourth-order valence-electron chi connectivity index (χ4n) is 3.13. The van der Waals surface area contributed by atoms with Crippen LogP contribution in [0.4, 0.5) is 0 Å². The quantitative estimate of drug-likeness (QED) is 0.533. The number of aromatic nitrogens is 4. The van der Waals surface area contributed by atoms with Crippen LogP contribution < -0.4 is 0 Å². The summed E-state index contributed by atoms with van der Waals surface area (Å²) in [6.07, 6.45) is 4.85. The maximum absolute atomic E-state index is 12.2. The molecule has 0 radical (unpaired) electrons. The molecule has 4 aromatic rings. The van der Waals surface area contributed by atoms with Gasteiger partial charge in [-0.3, -0.25) is 0 Å². The Balaban J connectivity index is 2.07. The summed E-state index contributed by atoms with van der Waals surface area (Å²) in [4.78, 5) is 12.2. The Kier molecular flexibility index (Phi) is 3.66. The number of aryl methyl sites for hydroxylation is 1. The van der Waals surface area contributed by atoms with E-state index in [-0.39, 0.29) is 6.61 Å². The van der Waals surface area contributed by atoms with Gasteiger partial charge in [0.1, 0.15) is 17.3 Å². The number of rotatable bonds is 3. The van der Waals surface area contributed by atoms with Crippen molar-refractivity contribution in [1.29, 1.82) is 5.26 Å². The Morgan fingerprint density at radius 2 is 2.08 bits per heavy atom. The van der Waals surface area contributed by atoms with E-state index in [9.17, 15) is 10.1 Å². The van der Waals surface area contributed by atoms with E-state index in [1.807, 2.05) is 31.2 Å². The molecule has 0 amide bonds. The highest BCUT2D eigenvalue weighted by molar-refractivity contribution is 5.95. The number of fused-ring (bicyclic) bond motifs is 2. The van der Waals surface area contributed by atoms with E-state index in [1.54, 1.807) is 28.5 Å². The number of nitriles is 1. The van der Waals surface area contributed by atoms with E-state index in [0.717, 1.165) is 10.9 Å². The molecule has 0 aliphatic rings. The van der Waals surface area contributed by atoms with Crippen molar-refractivity contribution in [2.24, 2.45) is 0 Å². The van der Waals surface area contributed by atoms with Crippen molar-refractivity contribution in [2.45, 2.75) is 13.8 Å². The van der Waals surface area contributed by atoms with E-state index in [1.165, 1.54) is 6.20 Å². The molecule has 0 aliphatic carbocycles. The number of carbonyl (C=O) groups excluding carboxylic acids is 1. The first kappa shape index (κ1) is 15.8. The topological polar surface area (TPSA) is 85.2 Å². The van der Waals surface area contributed by atoms with Gasteiger partial charge in [0.25, 0.3) is 0 Å². The number of nitrogens with zero attached hydrogens (tertiary/aromatic N) is 5. The molecule has 7 nitrogen and oxygen atoms in total. The predicted molar refractivity (Wildman–Crippen MR) is 95.2 cm³/mol. The molecule has 0 unspecified atom stereocenters. The number of para-hydroxylation sites is 1. The summed E-state index contributed by atoms with van der Waals surface area (Å²) in [5.74, 6) is -0.412. The summed E-state index contributed by atoms with van der Waals surface area (Å²) in [7, 11) is 0. The molecule has 1 aromatic carbocycles. The molecule has 7 heteroatoms. The zero-order chi connectivity index (χ0) is 18.3. The fourth-order valence-corrected chi connectivity index (χ4v) is 3.13. The summed E-state index contributed by atoms with van der Waals surface area (Å²) in [5.41, 5.74) is 3.62. The molecule has 0 spiro atoms. The van der Waals surface area contributed by atoms with E-state index in [2.05, 4.69) is 16.3 Å². The lowest BCUT2D eigenvalue weighted by Crippen LogP contribution is -2.05. The zero-order valence-electron chi connectivity index (χ0n) is 14.3. The molecule has 26 heavy (non-hydrogen) atoms. The van der Waals surface area contributed by atoms with Crippen LogP contribution in [0.2, 0.25) is 0 Å². The van der Waals surface area contributed by atoms with Gasteiger partial charge in [0, 0.05) is 11.6 Å². The average molecular weight is 345 g/mol. The largest absolute Gasteiger partial charge is 0.462 e. The highest BCUT2D eigenvalue weighted by atomic mass is 16.5. The standard InChI is InChI=1S/C19H15N5O2/c1-3-26-19(25)15-11-23-17(12(15)2)18(14(8-20)10-21-23)24-16-7-5-4-6-13(16)9-22-24/h4-7,9-11H,3H2,1-2H3. The van der Waals surface area contributed by atoms with E-state index in [4.69, 9.17) is 4.74 Å². The van der Waals surface area contributed by atoms with Gasteiger partial charge in [0.2, 0.25) is 0 Å². The second-order valence-corrected chi connectivity index (χ2v) is 5.82. The Morgan fingerprint density at radius 1 is 1.27 bits per heavy atom. The van der Waals surface area contributed by atoms with Crippen molar-refractivity contribution in [1.82, 2.24) is 19.4 Å². The summed E-state index contributed by atoms with van der Waals surface area (Å²) in [6, 6.07) is 9.92. The fraction of sp³-hybridized carbons (Fsp3) is 0.158. The molecule has 0 saturated carbocycles. The number of carbonyl (C=O) groups is 1. The summed E-state index contributed by atoms with van der Waals surface area (Å²) < 4.78 is 8.43. The first-order valence-electron chi connectivity index (χ1n) is 8.17. The van der Waals surface area contributed by atoms with Gasteiger partial charge in [0.05, 0.1) is 35.6 Å². The maximum atomic E-state index is 12.2. The number of benzene rings is 1. The zero-order valence-corrected chi connectivity index (χ0v) is 14.3. The van der Waals surface area contributed by atoms with Gasteiger partial charge < -0.3 is 4.74 Å². The van der Waals surface area contributed by atoms with Gasteiger partial charge in [-0.2, -0.15) is 15.5 Å². The number of ether oxygens (including phenoxy) is 1. The van der Waals surface area contributed by atoms with Crippen LogP contribution in [0.5, 0.6) is 0 Å². The van der Waals surface area contributed by atoms with Crippen LogP contribution in [0.3, 0.4) is 0 Å². The highest BCUT2D eigenvalue weighted by Crippen LogP contribution is 2.29. The number of hydrogen-bond donors (Lipinski definition) is 0. The smallest absolute Gasteiger partial charge is 0.340 e. The molecule has 0 saturated heterocycles. The Labute approximate surface area is 149 Å². The number of hydrogen-bond acceptors (Lipinski definition) is 5. The minimum absolute atomic E-state index is 0.290. The van der Waals surface area contributed by atoms with Crippen molar-refractivity contribution in [3.05, 3.63) is 59.5 Å². The molecule has 0 bridgehead atoms. The molecule has 4 rings (SSSR count). The summed E-state index contributed by atoms with van der Waals surface area (Å²) >= 11 is 0. The molecule has 3 heterocycles. The predicted octanol–water partition coefficient (Wildman–Crippen LogP) is 3.03. The monoisotopic (exact) mass is 345 g/mol. The maximum Gasteiger partial charge on any atom is 0.340 e. The van der Waals surface area contributed by atoms with E-state index < -0.39 is 5.97 Å². The summed E-state index contributed by atoms with van der Waals surface area (Å²) in [5, 5.41) is 19.3. The minimum Gasteiger partial charge on any atom is -0.462 e. The number of esters is 1. The lowest BCUT2D eigenvalue weighted by Gasteiger charge is -2.09. The van der Waals surface area contributed by atoms with Crippen LogP contribution in [0.15, 0.2) is 42.9 Å². The second-order valence-electron chi connectivity index (χ2n) is 5.82. The Bertz CT molecular complexity index is 1200. The summed E-state index contributed by atoms with van der Waals surface area (Å²) in [6.45, 7) is 3.87. The van der Waals surface area contributed by atoms with Crippen molar-refractivity contribution < 1.29 is 9.53 Å². The van der Waals surface area contributed by atoms with E-state index in [0.29, 0.717) is 27.9 Å². The van der Waals surface area contributed by atoms with Crippen LogP contribution in [-0.4, -0.2) is 32.0 Å². The van der Waals surface area contributed by atoms with Gasteiger partial charge in [-0.05, 0) is 25.5 Å². The first-order chi connectivity index (χ1) is 12.7. The lowest BCUT2D eigenvalue weighted by atomic mass is 10.1. The normalized spacial score (nSPS) is 11.0. The van der Waals surface area contributed by atoms with Crippen LogP contribution in [0.25, 0.3) is 22.1 Å². The van der Waals surface area contributed by atoms with Gasteiger partial charge in [-0.15, -0.1) is 0 Å². The molecule has 128 valence electrons. The van der Waals surface area contributed by atoms with Crippen LogP contribution in [0.1, 0.15) is 28.4 Å². The van der Waals surface area contributed by atoms with Crippen LogP contribution >= 0.6 is 0 Å². The molecule has 0 N–H and O–H groups in total. The Hall–Kier alpha value is -3.66. The van der Waals surface area contributed by atoms with Gasteiger partial charge >= 0.3 is 5.97 Å². The van der Waals surface area contributed by atoms with Gasteiger partial charge in [0.15, 0.2) is 0 Å². The van der Waals surface area contributed by atoms with Crippen molar-refractivity contribution >= 4 is 22.4 Å². The third-order valence-electron chi connectivity index (χ3n) is 4.34.